The maximum Gasteiger partial charge on any atom is 0.275 e. The number of halogens is 1. The van der Waals surface area contributed by atoms with Crippen molar-refractivity contribution < 1.29 is 23.5 Å². The number of hydrogen-bond acceptors (Lipinski definition) is 5. The predicted molar refractivity (Wildman–Crippen MR) is 88.6 cm³/mol. The molecule has 0 bridgehead atoms. The van der Waals surface area contributed by atoms with E-state index in [2.05, 4.69) is 15.6 Å². The van der Waals surface area contributed by atoms with Crippen molar-refractivity contribution in [2.75, 3.05) is 26.3 Å². The van der Waals surface area contributed by atoms with Gasteiger partial charge in [-0.3, -0.25) is 14.4 Å². The van der Waals surface area contributed by atoms with E-state index in [1.165, 1.54) is 24.1 Å². The van der Waals surface area contributed by atoms with Crippen LogP contribution in [0.25, 0.3) is 0 Å². The predicted octanol–water partition coefficient (Wildman–Crippen LogP) is -0.153. The van der Waals surface area contributed by atoms with Gasteiger partial charge in [0.15, 0.2) is 11.5 Å². The van der Waals surface area contributed by atoms with Gasteiger partial charge in [0.1, 0.15) is 6.04 Å². The van der Waals surface area contributed by atoms with E-state index in [4.69, 9.17) is 4.74 Å². The first-order valence-corrected chi connectivity index (χ1v) is 8.47. The van der Waals surface area contributed by atoms with E-state index in [0.29, 0.717) is 26.1 Å². The third-order valence-corrected chi connectivity index (χ3v) is 4.68. The molecule has 8 nitrogen and oxygen atoms in total. The van der Waals surface area contributed by atoms with Gasteiger partial charge in [-0.2, -0.15) is 0 Å². The van der Waals surface area contributed by atoms with Crippen molar-refractivity contribution in [1.82, 2.24) is 20.5 Å². The van der Waals surface area contributed by atoms with Crippen molar-refractivity contribution in [2.45, 2.75) is 31.3 Å². The van der Waals surface area contributed by atoms with Crippen molar-refractivity contribution in [1.29, 1.82) is 0 Å². The first kappa shape index (κ1) is 18.2. The average Bonchev–Trinajstić information content (AvgIpc) is 2.72. The molecule has 2 fully saturated rings. The topological polar surface area (TPSA) is 101 Å². The van der Waals surface area contributed by atoms with E-state index in [1.54, 1.807) is 0 Å². The summed E-state index contributed by atoms with van der Waals surface area (Å²) in [5.74, 6) is -2.08. The number of ether oxygens (including phenoxy) is 1. The van der Waals surface area contributed by atoms with Gasteiger partial charge in [0.25, 0.3) is 5.91 Å². The van der Waals surface area contributed by atoms with Gasteiger partial charge in [0.05, 0.1) is 12.1 Å². The molecule has 3 heterocycles. The molecule has 0 aromatic carbocycles. The van der Waals surface area contributed by atoms with Crippen molar-refractivity contribution in [2.24, 2.45) is 0 Å². The lowest BCUT2D eigenvalue weighted by Crippen LogP contribution is -2.57. The Bertz CT molecular complexity index is 720. The van der Waals surface area contributed by atoms with Gasteiger partial charge in [0.2, 0.25) is 11.8 Å². The molecule has 2 aliphatic rings. The normalized spacial score (nSPS) is 22.5. The fraction of sp³-hybridized carbons (Fsp3) is 0.529. The molecule has 1 atom stereocenters. The van der Waals surface area contributed by atoms with Crippen LogP contribution in [0.15, 0.2) is 18.3 Å². The van der Waals surface area contributed by atoms with Crippen LogP contribution in [0.3, 0.4) is 0 Å². The molecule has 3 amide bonds. The first-order valence-electron chi connectivity index (χ1n) is 8.47. The Hall–Kier alpha value is -2.55. The molecule has 1 spiro atoms. The molecule has 9 heteroatoms. The summed E-state index contributed by atoms with van der Waals surface area (Å²) >= 11 is 0. The molecule has 0 saturated carbocycles. The second-order valence-electron chi connectivity index (χ2n) is 6.65. The molecule has 2 aliphatic heterocycles. The molecule has 2 N–H and O–H groups in total. The number of nitrogens with one attached hydrogen (secondary N) is 2. The fourth-order valence-electron chi connectivity index (χ4n) is 3.37. The number of amides is 3. The Labute approximate surface area is 150 Å². The van der Waals surface area contributed by atoms with Crippen LogP contribution < -0.4 is 10.6 Å². The molecular formula is C17H21FN4O4. The third kappa shape index (κ3) is 3.82. The second kappa shape index (κ2) is 7.36. The standard InChI is InChI=1S/C17H21FN4O4/c1-11(23)20-13-9-22(16(25)14-12(18)3-2-6-19-14)10-17(21-15(13)24)4-7-26-8-5-17/h2-3,6,13H,4-5,7-10H2,1H3,(H,20,23)(H,21,24). The van der Waals surface area contributed by atoms with Gasteiger partial charge in [-0.05, 0) is 25.0 Å². The molecule has 140 valence electrons. The highest BCUT2D eigenvalue weighted by molar-refractivity contribution is 5.94. The highest BCUT2D eigenvalue weighted by Gasteiger charge is 2.43. The van der Waals surface area contributed by atoms with Crippen LogP contribution in [0, 0.1) is 5.82 Å². The fourth-order valence-corrected chi connectivity index (χ4v) is 3.37. The zero-order chi connectivity index (χ0) is 18.7. The minimum atomic E-state index is -0.912. The number of pyridine rings is 1. The Morgan fingerprint density at radius 3 is 2.81 bits per heavy atom. The minimum absolute atomic E-state index is 0.0527. The zero-order valence-corrected chi connectivity index (χ0v) is 14.5. The van der Waals surface area contributed by atoms with Gasteiger partial charge in [-0.25, -0.2) is 9.37 Å². The van der Waals surface area contributed by atoms with Crippen molar-refractivity contribution in [3.8, 4) is 0 Å². The molecule has 3 rings (SSSR count). The summed E-state index contributed by atoms with van der Waals surface area (Å²) in [7, 11) is 0. The summed E-state index contributed by atoms with van der Waals surface area (Å²) in [4.78, 5) is 42.2. The Morgan fingerprint density at radius 1 is 1.42 bits per heavy atom. The van der Waals surface area contributed by atoms with Crippen molar-refractivity contribution in [3.63, 3.8) is 0 Å². The maximum atomic E-state index is 14.0. The monoisotopic (exact) mass is 364 g/mol. The molecule has 1 unspecified atom stereocenters. The van der Waals surface area contributed by atoms with E-state index in [1.807, 2.05) is 0 Å². The van der Waals surface area contributed by atoms with Gasteiger partial charge in [0, 0.05) is 32.9 Å². The summed E-state index contributed by atoms with van der Waals surface area (Å²) in [6, 6.07) is 1.65. The van der Waals surface area contributed by atoms with E-state index >= 15 is 0 Å². The first-order chi connectivity index (χ1) is 12.4. The Morgan fingerprint density at radius 2 is 2.15 bits per heavy atom. The molecule has 0 aliphatic carbocycles. The zero-order valence-electron chi connectivity index (χ0n) is 14.5. The Balaban J connectivity index is 1.92. The summed E-state index contributed by atoms with van der Waals surface area (Å²) in [6.45, 7) is 2.35. The van der Waals surface area contributed by atoms with Crippen LogP contribution in [0.2, 0.25) is 0 Å². The van der Waals surface area contributed by atoms with E-state index < -0.39 is 23.3 Å². The van der Waals surface area contributed by atoms with Crippen LogP contribution in [0.1, 0.15) is 30.3 Å². The smallest absolute Gasteiger partial charge is 0.275 e. The lowest BCUT2D eigenvalue weighted by Gasteiger charge is -2.39. The summed E-state index contributed by atoms with van der Waals surface area (Å²) in [5.41, 5.74) is -0.964. The van der Waals surface area contributed by atoms with Gasteiger partial charge in [-0.15, -0.1) is 0 Å². The average molecular weight is 364 g/mol. The van der Waals surface area contributed by atoms with E-state index in [-0.39, 0.29) is 30.6 Å². The molecule has 1 aromatic rings. The number of carbonyl (C=O) groups is 3. The van der Waals surface area contributed by atoms with Gasteiger partial charge < -0.3 is 20.3 Å². The number of hydrogen-bond donors (Lipinski definition) is 2. The summed E-state index contributed by atoms with van der Waals surface area (Å²) in [5, 5.41) is 5.51. The lowest BCUT2D eigenvalue weighted by atomic mass is 9.89. The highest BCUT2D eigenvalue weighted by atomic mass is 19.1. The summed E-state index contributed by atoms with van der Waals surface area (Å²) < 4.78 is 19.4. The molecular weight excluding hydrogens is 343 g/mol. The third-order valence-electron chi connectivity index (χ3n) is 4.68. The number of rotatable bonds is 2. The van der Waals surface area contributed by atoms with E-state index in [9.17, 15) is 18.8 Å². The maximum absolute atomic E-state index is 14.0. The van der Waals surface area contributed by atoms with Crippen LogP contribution in [0.5, 0.6) is 0 Å². The van der Waals surface area contributed by atoms with Crippen LogP contribution >= 0.6 is 0 Å². The second-order valence-corrected chi connectivity index (χ2v) is 6.65. The van der Waals surface area contributed by atoms with Crippen molar-refractivity contribution >= 4 is 17.7 Å². The Kier molecular flexibility index (Phi) is 5.17. The highest BCUT2D eigenvalue weighted by Crippen LogP contribution is 2.25. The quantitative estimate of drug-likeness (QED) is 0.760. The molecule has 26 heavy (non-hydrogen) atoms. The van der Waals surface area contributed by atoms with Gasteiger partial charge in [-0.1, -0.05) is 0 Å². The number of nitrogens with zero attached hydrogens (tertiary/aromatic N) is 2. The van der Waals surface area contributed by atoms with Crippen LogP contribution in [-0.2, 0) is 14.3 Å². The van der Waals surface area contributed by atoms with Crippen molar-refractivity contribution in [3.05, 3.63) is 29.8 Å². The van der Waals surface area contributed by atoms with Crippen LogP contribution in [0.4, 0.5) is 4.39 Å². The SMILES string of the molecule is CC(=O)NC1CN(C(=O)c2ncccc2F)CC2(CCOCC2)NC1=O. The number of carbonyl (C=O) groups excluding carboxylic acids is 3. The molecule has 1 aromatic heterocycles. The van der Waals surface area contributed by atoms with Crippen LogP contribution in [-0.4, -0.2) is 65.5 Å². The minimum Gasteiger partial charge on any atom is -0.381 e. The number of aromatic nitrogens is 1. The largest absolute Gasteiger partial charge is 0.381 e. The molecule has 0 radical (unpaired) electrons. The summed E-state index contributed by atoms with van der Waals surface area (Å²) in [6.07, 6.45) is 2.40. The van der Waals surface area contributed by atoms with E-state index in [0.717, 1.165) is 6.07 Å². The lowest BCUT2D eigenvalue weighted by molar-refractivity contribution is -0.129. The molecule has 2 saturated heterocycles. The van der Waals surface area contributed by atoms with Gasteiger partial charge >= 0.3 is 0 Å².